The molecule has 22 heavy (non-hydrogen) atoms. The van der Waals surface area contributed by atoms with Crippen LogP contribution in [-0.4, -0.2) is 38.2 Å². The second-order valence-electron chi connectivity index (χ2n) is 5.38. The van der Waals surface area contributed by atoms with Crippen LogP contribution in [0.4, 0.5) is 5.69 Å². The second kappa shape index (κ2) is 6.10. The highest BCUT2D eigenvalue weighted by atomic mass is 16.5. The number of likely N-dealkylation sites (N-methyl/N-ethyl adjacent to an activating group) is 1. The van der Waals surface area contributed by atoms with Crippen LogP contribution in [0.25, 0.3) is 0 Å². The first-order valence-electron chi connectivity index (χ1n) is 7.38. The zero-order valence-corrected chi connectivity index (χ0v) is 13.2. The summed E-state index contributed by atoms with van der Waals surface area (Å²) < 4.78 is 13.1. The molecule has 0 saturated carbocycles. The lowest BCUT2D eigenvalue weighted by Crippen LogP contribution is -2.32. The molecule has 3 rings (SSSR count). The van der Waals surface area contributed by atoms with Gasteiger partial charge in [-0.15, -0.1) is 0 Å². The molecular formula is C18H21N2O2+. The molecule has 0 spiro atoms. The van der Waals surface area contributed by atoms with Gasteiger partial charge in [-0.25, -0.2) is 5.32 Å². The summed E-state index contributed by atoms with van der Waals surface area (Å²) in [6.45, 7) is 0.970. The van der Waals surface area contributed by atoms with Gasteiger partial charge < -0.3 is 9.47 Å². The van der Waals surface area contributed by atoms with Gasteiger partial charge >= 0.3 is 0 Å². The van der Waals surface area contributed by atoms with E-state index >= 15 is 0 Å². The van der Waals surface area contributed by atoms with Crippen LogP contribution in [0.1, 0.15) is 11.1 Å². The van der Waals surface area contributed by atoms with Crippen LogP contribution in [0, 0.1) is 0 Å². The minimum absolute atomic E-state index is 0.754. The molecule has 0 fully saturated rings. The van der Waals surface area contributed by atoms with Gasteiger partial charge in [0, 0.05) is 6.42 Å². The number of nitrogens with one attached hydrogen (secondary N) is 1. The Hall–Kier alpha value is -2.49. The molecule has 0 unspecified atom stereocenters. The van der Waals surface area contributed by atoms with E-state index in [-0.39, 0.29) is 0 Å². The zero-order chi connectivity index (χ0) is 15.5. The van der Waals surface area contributed by atoms with Crippen molar-refractivity contribution in [2.45, 2.75) is 6.42 Å². The van der Waals surface area contributed by atoms with Gasteiger partial charge in [-0.05, 0) is 29.8 Å². The van der Waals surface area contributed by atoms with Crippen LogP contribution in [-0.2, 0) is 6.42 Å². The molecule has 1 aliphatic rings. The molecule has 1 heterocycles. The number of fused-ring (bicyclic) bond motifs is 1. The molecule has 0 amide bonds. The van der Waals surface area contributed by atoms with Crippen molar-refractivity contribution in [3.8, 4) is 11.5 Å². The molecule has 4 heteroatoms. The van der Waals surface area contributed by atoms with E-state index in [1.165, 1.54) is 5.56 Å². The quantitative estimate of drug-likeness (QED) is 0.885. The molecule has 4 nitrogen and oxygen atoms in total. The van der Waals surface area contributed by atoms with Crippen LogP contribution in [0.3, 0.4) is 0 Å². The average Bonchev–Trinajstić information content (AvgIpc) is 2.57. The molecular weight excluding hydrogens is 276 g/mol. The lowest BCUT2D eigenvalue weighted by atomic mass is 9.99. The van der Waals surface area contributed by atoms with Crippen LogP contribution >= 0.6 is 0 Å². The van der Waals surface area contributed by atoms with E-state index in [2.05, 4.69) is 41.2 Å². The van der Waals surface area contributed by atoms with Gasteiger partial charge in [0.2, 0.25) is 0 Å². The van der Waals surface area contributed by atoms with Gasteiger partial charge in [0.05, 0.1) is 33.4 Å². The van der Waals surface area contributed by atoms with Crippen molar-refractivity contribution in [3.05, 3.63) is 53.6 Å². The fraction of sp³-hybridized carbons (Fsp3) is 0.278. The summed E-state index contributed by atoms with van der Waals surface area (Å²) in [6.07, 6.45) is 0.992. The number of anilines is 1. The number of amidine groups is 1. The SMILES string of the molecule is COc1cc2c(cc1OC)C(Nc1ccccc1)=[N+](C)CC2. The Morgan fingerprint density at radius 3 is 2.36 bits per heavy atom. The van der Waals surface area contributed by atoms with Crippen LogP contribution in [0.15, 0.2) is 42.5 Å². The van der Waals surface area contributed by atoms with E-state index in [9.17, 15) is 0 Å². The highest BCUT2D eigenvalue weighted by Gasteiger charge is 2.25. The number of hydrogen-bond acceptors (Lipinski definition) is 3. The molecule has 0 radical (unpaired) electrons. The Labute approximate surface area is 131 Å². The zero-order valence-electron chi connectivity index (χ0n) is 13.2. The van der Waals surface area contributed by atoms with Gasteiger partial charge in [0.15, 0.2) is 11.5 Å². The maximum atomic E-state index is 5.45. The molecule has 0 bridgehead atoms. The number of ether oxygens (including phenoxy) is 2. The Bertz CT molecular complexity index is 709. The number of hydrogen-bond donors (Lipinski definition) is 1. The van der Waals surface area contributed by atoms with Gasteiger partial charge in [0.1, 0.15) is 5.69 Å². The Morgan fingerprint density at radius 1 is 1.00 bits per heavy atom. The minimum Gasteiger partial charge on any atom is -0.493 e. The second-order valence-corrected chi connectivity index (χ2v) is 5.38. The first kappa shape index (κ1) is 14.4. The molecule has 2 aromatic rings. The van der Waals surface area contributed by atoms with E-state index < -0.39 is 0 Å². The third-order valence-electron chi connectivity index (χ3n) is 4.00. The van der Waals surface area contributed by atoms with Crippen LogP contribution in [0.5, 0.6) is 11.5 Å². The largest absolute Gasteiger partial charge is 0.493 e. The lowest BCUT2D eigenvalue weighted by Gasteiger charge is -2.20. The smallest absolute Gasteiger partial charge is 0.282 e. The summed E-state index contributed by atoms with van der Waals surface area (Å²) in [4.78, 5) is 0. The first-order chi connectivity index (χ1) is 10.7. The summed E-state index contributed by atoms with van der Waals surface area (Å²) in [5.41, 5.74) is 3.51. The van der Waals surface area contributed by atoms with Crippen molar-refractivity contribution in [3.63, 3.8) is 0 Å². The van der Waals surface area contributed by atoms with Crippen molar-refractivity contribution in [1.82, 2.24) is 0 Å². The van der Waals surface area contributed by atoms with Crippen molar-refractivity contribution >= 4 is 11.5 Å². The van der Waals surface area contributed by atoms with Crippen LogP contribution < -0.4 is 14.8 Å². The molecule has 0 atom stereocenters. The molecule has 0 aromatic heterocycles. The monoisotopic (exact) mass is 297 g/mol. The van der Waals surface area contributed by atoms with E-state index in [0.717, 1.165) is 41.6 Å². The molecule has 1 N–H and O–H groups in total. The van der Waals surface area contributed by atoms with Crippen molar-refractivity contribution in [2.24, 2.45) is 0 Å². The topological polar surface area (TPSA) is 33.5 Å². The van der Waals surface area contributed by atoms with Crippen molar-refractivity contribution in [2.75, 3.05) is 33.1 Å². The van der Waals surface area contributed by atoms with E-state index in [1.54, 1.807) is 14.2 Å². The summed E-state index contributed by atoms with van der Waals surface area (Å²) in [6, 6.07) is 14.3. The highest BCUT2D eigenvalue weighted by Crippen LogP contribution is 2.32. The number of rotatable bonds is 3. The number of benzene rings is 2. The molecule has 1 aliphatic heterocycles. The predicted molar refractivity (Wildman–Crippen MR) is 88.5 cm³/mol. The Kier molecular flexibility index (Phi) is 4.00. The third kappa shape index (κ3) is 2.64. The predicted octanol–water partition coefficient (Wildman–Crippen LogP) is 2.76. The lowest BCUT2D eigenvalue weighted by molar-refractivity contribution is -0.497. The number of methoxy groups -OCH3 is 2. The number of para-hydroxylation sites is 1. The fourth-order valence-electron chi connectivity index (χ4n) is 2.77. The average molecular weight is 297 g/mol. The summed E-state index contributed by atoms with van der Waals surface area (Å²) in [7, 11) is 5.44. The summed E-state index contributed by atoms with van der Waals surface area (Å²) >= 11 is 0. The number of nitrogens with zero attached hydrogens (tertiary/aromatic N) is 1. The molecule has 0 saturated heterocycles. The van der Waals surface area contributed by atoms with Crippen molar-refractivity contribution < 1.29 is 14.0 Å². The first-order valence-corrected chi connectivity index (χ1v) is 7.38. The summed E-state index contributed by atoms with van der Waals surface area (Å²) in [5, 5.41) is 3.52. The third-order valence-corrected chi connectivity index (χ3v) is 4.00. The van der Waals surface area contributed by atoms with E-state index in [4.69, 9.17) is 9.47 Å². The molecule has 2 aromatic carbocycles. The van der Waals surface area contributed by atoms with Gasteiger partial charge in [-0.2, -0.15) is 0 Å². The summed E-state index contributed by atoms with van der Waals surface area (Å²) in [5.74, 6) is 2.63. The van der Waals surface area contributed by atoms with E-state index in [0.29, 0.717) is 0 Å². The van der Waals surface area contributed by atoms with Gasteiger partial charge in [-0.1, -0.05) is 18.2 Å². The van der Waals surface area contributed by atoms with Crippen LogP contribution in [0.2, 0.25) is 0 Å². The standard InChI is InChI=1S/C18H20N2O2/c1-20-10-9-13-11-16(21-2)17(22-3)12-15(13)18(20)19-14-7-5-4-6-8-14/h4-8,11-12H,9-10H2,1-3H3/p+1. The normalized spacial score (nSPS) is 13.6. The molecule has 0 aliphatic carbocycles. The minimum atomic E-state index is 0.754. The maximum absolute atomic E-state index is 5.45. The van der Waals surface area contributed by atoms with Gasteiger partial charge in [0.25, 0.3) is 5.84 Å². The maximum Gasteiger partial charge on any atom is 0.282 e. The Balaban J connectivity index is 2.05. The van der Waals surface area contributed by atoms with Gasteiger partial charge in [-0.3, -0.25) is 4.58 Å². The van der Waals surface area contributed by atoms with E-state index in [1.807, 2.05) is 18.2 Å². The fourth-order valence-corrected chi connectivity index (χ4v) is 2.77. The highest BCUT2D eigenvalue weighted by molar-refractivity contribution is 6.06. The molecule has 114 valence electrons. The Morgan fingerprint density at radius 2 is 1.68 bits per heavy atom. The van der Waals surface area contributed by atoms with Crippen molar-refractivity contribution in [1.29, 1.82) is 0 Å².